The molecule has 0 radical (unpaired) electrons. The summed E-state index contributed by atoms with van der Waals surface area (Å²) in [5.74, 6) is 0.0776. The van der Waals surface area contributed by atoms with Crippen LogP contribution in [-0.4, -0.2) is 19.0 Å². The number of para-hydroxylation sites is 2. The van der Waals surface area contributed by atoms with Crippen molar-refractivity contribution in [3.63, 3.8) is 0 Å². The fraction of sp³-hybridized carbons (Fsp3) is 0.278. The smallest absolute Gasteiger partial charge is 0.258 e. The van der Waals surface area contributed by atoms with Gasteiger partial charge in [-0.25, -0.2) is 0 Å². The Bertz CT molecular complexity index is 634. The molecule has 3 heteroatoms. The minimum Gasteiger partial charge on any atom is -0.383 e. The highest BCUT2D eigenvalue weighted by molar-refractivity contribution is 6.07. The van der Waals surface area contributed by atoms with Crippen molar-refractivity contribution in [1.29, 1.82) is 0 Å². The molecule has 1 amide bonds. The number of carbonyl (C=O) groups excluding carboxylic acids is 1. The molecule has 0 saturated carbocycles. The van der Waals surface area contributed by atoms with Gasteiger partial charge in [0.2, 0.25) is 0 Å². The van der Waals surface area contributed by atoms with Crippen molar-refractivity contribution in [1.82, 2.24) is 0 Å². The predicted molar refractivity (Wildman–Crippen MR) is 87.0 cm³/mol. The molecule has 1 aliphatic rings. The zero-order valence-corrected chi connectivity index (χ0v) is 12.3. The van der Waals surface area contributed by atoms with E-state index in [-0.39, 0.29) is 5.91 Å². The molecule has 2 aromatic rings. The van der Waals surface area contributed by atoms with Crippen molar-refractivity contribution in [2.45, 2.75) is 19.8 Å². The van der Waals surface area contributed by atoms with E-state index in [2.05, 4.69) is 12.2 Å². The van der Waals surface area contributed by atoms with Gasteiger partial charge < -0.3 is 10.2 Å². The molecule has 108 valence electrons. The fourth-order valence-electron chi connectivity index (χ4n) is 2.69. The zero-order chi connectivity index (χ0) is 14.7. The highest BCUT2D eigenvalue weighted by Gasteiger charge is 2.21. The van der Waals surface area contributed by atoms with Crippen LogP contribution in [0.25, 0.3) is 0 Å². The van der Waals surface area contributed by atoms with Crippen LogP contribution in [0.5, 0.6) is 0 Å². The monoisotopic (exact) mass is 280 g/mol. The number of rotatable bonds is 2. The highest BCUT2D eigenvalue weighted by Crippen LogP contribution is 2.29. The predicted octanol–water partition coefficient (Wildman–Crippen LogP) is 3.71. The molecule has 0 aromatic heterocycles. The van der Waals surface area contributed by atoms with Gasteiger partial charge in [0.25, 0.3) is 5.91 Å². The fourth-order valence-corrected chi connectivity index (χ4v) is 2.69. The SMILES string of the molecule is CCc1ccc(C(=O)N2CCCNc3ccccc32)cc1. The van der Waals surface area contributed by atoms with Crippen LogP contribution in [0.3, 0.4) is 0 Å². The van der Waals surface area contributed by atoms with Crippen molar-refractivity contribution in [3.05, 3.63) is 59.7 Å². The summed E-state index contributed by atoms with van der Waals surface area (Å²) in [6, 6.07) is 15.9. The first-order chi connectivity index (χ1) is 10.3. The number of hydrogen-bond donors (Lipinski definition) is 1. The summed E-state index contributed by atoms with van der Waals surface area (Å²) in [4.78, 5) is 14.7. The normalized spacial score (nSPS) is 14.0. The third kappa shape index (κ3) is 2.77. The van der Waals surface area contributed by atoms with Crippen LogP contribution in [0.4, 0.5) is 11.4 Å². The molecular formula is C18H20N2O. The van der Waals surface area contributed by atoms with Gasteiger partial charge in [-0.1, -0.05) is 31.2 Å². The molecule has 0 saturated heterocycles. The Labute approximate surface area is 125 Å². The number of anilines is 2. The minimum absolute atomic E-state index is 0.0776. The summed E-state index contributed by atoms with van der Waals surface area (Å²) in [6.45, 7) is 3.77. The third-order valence-corrected chi connectivity index (χ3v) is 3.92. The van der Waals surface area contributed by atoms with Crippen molar-refractivity contribution < 1.29 is 4.79 Å². The Kier molecular flexibility index (Phi) is 3.91. The maximum Gasteiger partial charge on any atom is 0.258 e. The van der Waals surface area contributed by atoms with Crippen LogP contribution in [0.2, 0.25) is 0 Å². The molecule has 2 aromatic carbocycles. The molecule has 21 heavy (non-hydrogen) atoms. The number of amides is 1. The van der Waals surface area contributed by atoms with Crippen LogP contribution in [0, 0.1) is 0 Å². The number of nitrogens with one attached hydrogen (secondary N) is 1. The molecule has 0 aliphatic carbocycles. The van der Waals surface area contributed by atoms with Gasteiger partial charge in [0.15, 0.2) is 0 Å². The third-order valence-electron chi connectivity index (χ3n) is 3.92. The molecule has 1 aliphatic heterocycles. The topological polar surface area (TPSA) is 32.3 Å². The lowest BCUT2D eigenvalue weighted by Gasteiger charge is -2.22. The van der Waals surface area contributed by atoms with E-state index < -0.39 is 0 Å². The van der Waals surface area contributed by atoms with Gasteiger partial charge in [-0.05, 0) is 42.7 Å². The number of nitrogens with zero attached hydrogens (tertiary/aromatic N) is 1. The Hall–Kier alpha value is -2.29. The second-order valence-corrected chi connectivity index (χ2v) is 5.30. The van der Waals surface area contributed by atoms with Crippen LogP contribution in [-0.2, 0) is 6.42 Å². The molecule has 3 nitrogen and oxygen atoms in total. The lowest BCUT2D eigenvalue weighted by atomic mass is 10.1. The standard InChI is InChI=1S/C18H20N2O/c1-2-14-8-10-15(11-9-14)18(21)20-13-5-12-19-16-6-3-4-7-17(16)20/h3-4,6-11,19H,2,5,12-13H2,1H3. The summed E-state index contributed by atoms with van der Waals surface area (Å²) < 4.78 is 0. The maximum absolute atomic E-state index is 12.8. The molecule has 0 unspecified atom stereocenters. The quantitative estimate of drug-likeness (QED) is 0.909. The summed E-state index contributed by atoms with van der Waals surface area (Å²) in [7, 11) is 0. The molecule has 0 fully saturated rings. The lowest BCUT2D eigenvalue weighted by Crippen LogP contribution is -2.31. The summed E-state index contributed by atoms with van der Waals surface area (Å²) in [6.07, 6.45) is 1.94. The molecule has 3 rings (SSSR count). The van der Waals surface area contributed by atoms with Crippen LogP contribution in [0.1, 0.15) is 29.3 Å². The van der Waals surface area contributed by atoms with E-state index >= 15 is 0 Å². The number of benzene rings is 2. The van der Waals surface area contributed by atoms with Gasteiger partial charge in [-0.15, -0.1) is 0 Å². The summed E-state index contributed by atoms with van der Waals surface area (Å²) in [5, 5.41) is 3.39. The molecular weight excluding hydrogens is 260 g/mol. The van der Waals surface area contributed by atoms with Gasteiger partial charge in [0.05, 0.1) is 11.4 Å². The summed E-state index contributed by atoms with van der Waals surface area (Å²) >= 11 is 0. The van der Waals surface area contributed by atoms with Crippen molar-refractivity contribution >= 4 is 17.3 Å². The number of hydrogen-bond acceptors (Lipinski definition) is 2. The van der Waals surface area contributed by atoms with Gasteiger partial charge in [0.1, 0.15) is 0 Å². The van der Waals surface area contributed by atoms with E-state index in [1.54, 1.807) is 0 Å². The van der Waals surface area contributed by atoms with Gasteiger partial charge in [0, 0.05) is 18.7 Å². The van der Waals surface area contributed by atoms with Gasteiger partial charge >= 0.3 is 0 Å². The van der Waals surface area contributed by atoms with Crippen molar-refractivity contribution in [2.75, 3.05) is 23.3 Å². The Morgan fingerprint density at radius 2 is 1.90 bits per heavy atom. The maximum atomic E-state index is 12.8. The number of carbonyl (C=O) groups is 1. The first-order valence-electron chi connectivity index (χ1n) is 7.53. The molecule has 1 N–H and O–H groups in total. The number of fused-ring (bicyclic) bond motifs is 1. The van der Waals surface area contributed by atoms with Crippen LogP contribution in [0.15, 0.2) is 48.5 Å². The van der Waals surface area contributed by atoms with Crippen LogP contribution >= 0.6 is 0 Å². The Balaban J connectivity index is 1.93. The Morgan fingerprint density at radius 1 is 1.14 bits per heavy atom. The second kappa shape index (κ2) is 6.00. The number of aryl methyl sites for hydroxylation is 1. The van der Waals surface area contributed by atoms with Crippen molar-refractivity contribution in [2.24, 2.45) is 0 Å². The molecule has 0 spiro atoms. The van der Waals surface area contributed by atoms with Gasteiger partial charge in [-0.3, -0.25) is 4.79 Å². The zero-order valence-electron chi connectivity index (χ0n) is 12.3. The minimum atomic E-state index is 0.0776. The lowest BCUT2D eigenvalue weighted by molar-refractivity contribution is 0.0987. The molecule has 1 heterocycles. The van der Waals surface area contributed by atoms with Crippen molar-refractivity contribution in [3.8, 4) is 0 Å². The Morgan fingerprint density at radius 3 is 2.67 bits per heavy atom. The first kappa shape index (κ1) is 13.7. The average molecular weight is 280 g/mol. The second-order valence-electron chi connectivity index (χ2n) is 5.30. The average Bonchev–Trinajstić information content (AvgIpc) is 2.77. The van der Waals surface area contributed by atoms with E-state index in [1.165, 1.54) is 5.56 Å². The highest BCUT2D eigenvalue weighted by atomic mass is 16.2. The molecule has 0 atom stereocenters. The van der Waals surface area contributed by atoms with E-state index in [1.807, 2.05) is 53.4 Å². The first-order valence-corrected chi connectivity index (χ1v) is 7.53. The van der Waals surface area contributed by atoms with Crippen LogP contribution < -0.4 is 10.2 Å². The van der Waals surface area contributed by atoms with E-state index in [4.69, 9.17) is 0 Å². The summed E-state index contributed by atoms with van der Waals surface area (Å²) in [5.41, 5.74) is 4.02. The van der Waals surface area contributed by atoms with E-state index in [0.717, 1.165) is 42.9 Å². The molecule has 0 bridgehead atoms. The largest absolute Gasteiger partial charge is 0.383 e. The van der Waals surface area contributed by atoms with E-state index in [9.17, 15) is 4.79 Å². The van der Waals surface area contributed by atoms with Gasteiger partial charge in [-0.2, -0.15) is 0 Å². The van der Waals surface area contributed by atoms with E-state index in [0.29, 0.717) is 0 Å².